The van der Waals surface area contributed by atoms with Crippen LogP contribution in [0.5, 0.6) is 0 Å². The van der Waals surface area contributed by atoms with E-state index in [-0.39, 0.29) is 24.1 Å². The minimum absolute atomic E-state index is 0.181. The minimum Gasteiger partial charge on any atom is -0.459 e. The number of piperazine rings is 1. The molecule has 1 aliphatic rings. The van der Waals surface area contributed by atoms with E-state index in [0.29, 0.717) is 37.6 Å². The second-order valence-electron chi connectivity index (χ2n) is 6.69. The molecule has 0 aliphatic carbocycles. The predicted molar refractivity (Wildman–Crippen MR) is 100 cm³/mol. The summed E-state index contributed by atoms with van der Waals surface area (Å²) < 4.78 is 5.12. The molecule has 0 spiro atoms. The van der Waals surface area contributed by atoms with Crippen molar-refractivity contribution in [2.24, 2.45) is 0 Å². The minimum atomic E-state index is -0.332. The highest BCUT2D eigenvalue weighted by molar-refractivity contribution is 6.04. The molecule has 0 bridgehead atoms. The molecule has 0 radical (unpaired) electrons. The van der Waals surface area contributed by atoms with E-state index in [2.05, 4.69) is 5.32 Å². The van der Waals surface area contributed by atoms with Crippen LogP contribution < -0.4 is 5.32 Å². The Morgan fingerprint density at radius 2 is 1.74 bits per heavy atom. The number of rotatable bonds is 4. The van der Waals surface area contributed by atoms with Crippen LogP contribution in [-0.4, -0.2) is 53.7 Å². The second-order valence-corrected chi connectivity index (χ2v) is 6.69. The molecule has 3 amide bonds. The summed E-state index contributed by atoms with van der Waals surface area (Å²) in [6, 6.07) is 9.02. The SMILES string of the molecule is Cc1ccc(NC(=O)CC(=O)N2CCN(C(=O)c3ccco3)CC2)c(C)c1. The van der Waals surface area contributed by atoms with Crippen LogP contribution in [0.3, 0.4) is 0 Å². The molecule has 7 nitrogen and oxygen atoms in total. The van der Waals surface area contributed by atoms with E-state index in [1.165, 1.54) is 6.26 Å². The first-order valence-electron chi connectivity index (χ1n) is 8.91. The van der Waals surface area contributed by atoms with Gasteiger partial charge in [-0.25, -0.2) is 0 Å². The van der Waals surface area contributed by atoms with Gasteiger partial charge < -0.3 is 19.5 Å². The summed E-state index contributed by atoms with van der Waals surface area (Å²) in [4.78, 5) is 40.1. The van der Waals surface area contributed by atoms with Crippen molar-refractivity contribution >= 4 is 23.4 Å². The Kier molecular flexibility index (Phi) is 5.59. The predicted octanol–water partition coefficient (Wildman–Crippen LogP) is 2.21. The topological polar surface area (TPSA) is 82.9 Å². The van der Waals surface area contributed by atoms with Crippen molar-refractivity contribution in [1.29, 1.82) is 0 Å². The number of carbonyl (C=O) groups excluding carboxylic acids is 3. The van der Waals surface area contributed by atoms with Gasteiger partial charge in [0.25, 0.3) is 5.91 Å². The number of anilines is 1. The number of aryl methyl sites for hydroxylation is 2. The van der Waals surface area contributed by atoms with Crippen molar-refractivity contribution in [3.63, 3.8) is 0 Å². The molecular formula is C20H23N3O4. The summed E-state index contributed by atoms with van der Waals surface area (Å²) in [6.07, 6.45) is 1.25. The lowest BCUT2D eigenvalue weighted by molar-refractivity contribution is -0.135. The Balaban J connectivity index is 1.49. The van der Waals surface area contributed by atoms with Crippen LogP contribution >= 0.6 is 0 Å². The van der Waals surface area contributed by atoms with Gasteiger partial charge >= 0.3 is 0 Å². The van der Waals surface area contributed by atoms with E-state index in [1.54, 1.807) is 21.9 Å². The zero-order chi connectivity index (χ0) is 19.4. The molecule has 1 fully saturated rings. The molecule has 0 atom stereocenters. The van der Waals surface area contributed by atoms with E-state index in [4.69, 9.17) is 4.42 Å². The lowest BCUT2D eigenvalue weighted by atomic mass is 10.1. The number of hydrogen-bond donors (Lipinski definition) is 1. The van der Waals surface area contributed by atoms with Crippen LogP contribution in [-0.2, 0) is 9.59 Å². The Labute approximate surface area is 157 Å². The zero-order valence-corrected chi connectivity index (χ0v) is 15.5. The first-order valence-corrected chi connectivity index (χ1v) is 8.91. The van der Waals surface area contributed by atoms with E-state index in [1.807, 2.05) is 32.0 Å². The van der Waals surface area contributed by atoms with Crippen LogP contribution in [0.1, 0.15) is 28.1 Å². The molecular weight excluding hydrogens is 346 g/mol. The Bertz CT molecular complexity index is 837. The number of nitrogens with zero attached hydrogens (tertiary/aromatic N) is 2. The molecule has 1 saturated heterocycles. The molecule has 1 aliphatic heterocycles. The maximum absolute atomic E-state index is 12.4. The monoisotopic (exact) mass is 369 g/mol. The van der Waals surface area contributed by atoms with E-state index < -0.39 is 0 Å². The molecule has 7 heteroatoms. The quantitative estimate of drug-likeness (QED) is 0.838. The molecule has 1 aromatic carbocycles. The van der Waals surface area contributed by atoms with Crippen molar-refractivity contribution in [1.82, 2.24) is 9.80 Å². The summed E-state index contributed by atoms with van der Waals surface area (Å²) in [7, 11) is 0. The third-order valence-electron chi connectivity index (χ3n) is 4.62. The molecule has 0 saturated carbocycles. The number of furan rings is 1. The van der Waals surface area contributed by atoms with E-state index >= 15 is 0 Å². The number of nitrogens with one attached hydrogen (secondary N) is 1. The molecule has 0 unspecified atom stereocenters. The molecule has 1 N–H and O–H groups in total. The van der Waals surface area contributed by atoms with E-state index in [9.17, 15) is 14.4 Å². The summed E-state index contributed by atoms with van der Waals surface area (Å²) >= 11 is 0. The van der Waals surface area contributed by atoms with Crippen LogP contribution in [0.25, 0.3) is 0 Å². The maximum Gasteiger partial charge on any atom is 0.289 e. The van der Waals surface area contributed by atoms with Gasteiger partial charge in [0.15, 0.2) is 5.76 Å². The number of hydrogen-bond acceptors (Lipinski definition) is 4. The summed E-state index contributed by atoms with van der Waals surface area (Å²) in [5.74, 6) is -0.453. The third kappa shape index (κ3) is 4.55. The standard InChI is InChI=1S/C20H23N3O4/c1-14-5-6-16(15(2)12-14)21-18(24)13-19(25)22-7-9-23(10-8-22)20(26)17-4-3-11-27-17/h3-6,11-12H,7-10,13H2,1-2H3,(H,21,24). The van der Waals surface area contributed by atoms with Crippen LogP contribution in [0.4, 0.5) is 5.69 Å². The number of carbonyl (C=O) groups is 3. The maximum atomic E-state index is 12.4. The molecule has 1 aromatic heterocycles. The fourth-order valence-corrected chi connectivity index (χ4v) is 3.11. The smallest absolute Gasteiger partial charge is 0.289 e. The van der Waals surface area contributed by atoms with Gasteiger partial charge in [0.05, 0.1) is 6.26 Å². The molecule has 2 heterocycles. The van der Waals surface area contributed by atoms with Gasteiger partial charge in [-0.15, -0.1) is 0 Å². The highest BCUT2D eigenvalue weighted by atomic mass is 16.3. The molecule has 3 rings (SSSR count). The highest BCUT2D eigenvalue weighted by Gasteiger charge is 2.26. The van der Waals surface area contributed by atoms with Crippen molar-refractivity contribution in [3.05, 3.63) is 53.5 Å². The summed E-state index contributed by atoms with van der Waals surface area (Å²) in [5, 5.41) is 2.79. The lowest BCUT2D eigenvalue weighted by Crippen LogP contribution is -2.51. The van der Waals surface area contributed by atoms with Gasteiger partial charge in [-0.1, -0.05) is 17.7 Å². The highest BCUT2D eigenvalue weighted by Crippen LogP contribution is 2.16. The van der Waals surface area contributed by atoms with Crippen molar-refractivity contribution in [2.45, 2.75) is 20.3 Å². The van der Waals surface area contributed by atoms with E-state index in [0.717, 1.165) is 11.1 Å². The van der Waals surface area contributed by atoms with Crippen LogP contribution in [0.2, 0.25) is 0 Å². The molecule has 27 heavy (non-hydrogen) atoms. The third-order valence-corrected chi connectivity index (χ3v) is 4.62. The first kappa shape index (κ1) is 18.7. The summed E-state index contributed by atoms with van der Waals surface area (Å²) in [5.41, 5.74) is 2.79. The van der Waals surface area contributed by atoms with Gasteiger partial charge in [0, 0.05) is 31.9 Å². The first-order chi connectivity index (χ1) is 12.9. The lowest BCUT2D eigenvalue weighted by Gasteiger charge is -2.34. The Hall–Kier alpha value is -3.09. The Morgan fingerprint density at radius 1 is 1.04 bits per heavy atom. The average Bonchev–Trinajstić information content (AvgIpc) is 3.18. The van der Waals surface area contributed by atoms with Gasteiger partial charge in [0.2, 0.25) is 11.8 Å². The van der Waals surface area contributed by atoms with Gasteiger partial charge in [-0.05, 0) is 37.6 Å². The second kappa shape index (κ2) is 8.07. The van der Waals surface area contributed by atoms with Crippen molar-refractivity contribution in [2.75, 3.05) is 31.5 Å². The van der Waals surface area contributed by atoms with Gasteiger partial charge in [-0.3, -0.25) is 14.4 Å². The van der Waals surface area contributed by atoms with Crippen LogP contribution in [0, 0.1) is 13.8 Å². The van der Waals surface area contributed by atoms with Crippen molar-refractivity contribution in [3.8, 4) is 0 Å². The molecule has 142 valence electrons. The number of benzene rings is 1. The van der Waals surface area contributed by atoms with Crippen LogP contribution in [0.15, 0.2) is 41.0 Å². The summed E-state index contributed by atoms with van der Waals surface area (Å²) in [6.45, 7) is 5.55. The number of amides is 3. The fourth-order valence-electron chi connectivity index (χ4n) is 3.11. The molecule has 2 aromatic rings. The zero-order valence-electron chi connectivity index (χ0n) is 15.5. The average molecular weight is 369 g/mol. The normalized spacial score (nSPS) is 14.1. The fraction of sp³-hybridized carbons (Fsp3) is 0.350. The van der Waals surface area contributed by atoms with Gasteiger partial charge in [0.1, 0.15) is 6.42 Å². The Morgan fingerprint density at radius 3 is 2.37 bits per heavy atom. The largest absolute Gasteiger partial charge is 0.459 e. The van der Waals surface area contributed by atoms with Crippen molar-refractivity contribution < 1.29 is 18.8 Å². The van der Waals surface area contributed by atoms with Gasteiger partial charge in [-0.2, -0.15) is 0 Å².